The van der Waals surface area contributed by atoms with Gasteiger partial charge in [-0.15, -0.1) is 0 Å². The molecule has 2 nitrogen and oxygen atoms in total. The first-order valence-corrected chi connectivity index (χ1v) is 2.81. The highest BCUT2D eigenvalue weighted by Gasteiger charge is 2.16. The molecule has 0 aromatic heterocycles. The second kappa shape index (κ2) is 3.05. The zero-order valence-corrected chi connectivity index (χ0v) is 5.22. The van der Waals surface area contributed by atoms with Crippen LogP contribution in [0.5, 0.6) is 0 Å². The van der Waals surface area contributed by atoms with Gasteiger partial charge in [-0.05, 0) is 13.3 Å². The average molecular weight is 117 g/mol. The third-order valence-electron chi connectivity index (χ3n) is 1.01. The summed E-state index contributed by atoms with van der Waals surface area (Å²) in [5.41, 5.74) is -1.10. The van der Waals surface area contributed by atoms with Crippen LogP contribution in [0, 0.1) is 6.92 Å². The van der Waals surface area contributed by atoms with Gasteiger partial charge in [-0.2, -0.15) is 0 Å². The van der Waals surface area contributed by atoms with Gasteiger partial charge in [-0.3, -0.25) is 0 Å². The van der Waals surface area contributed by atoms with Gasteiger partial charge in [0, 0.05) is 0 Å². The third kappa shape index (κ3) is 2.99. The lowest BCUT2D eigenvalue weighted by molar-refractivity contribution is 0.0173. The Morgan fingerprint density at radius 2 is 2.12 bits per heavy atom. The molecule has 0 aliphatic rings. The number of rotatable bonds is 3. The number of hydrogen-bond acceptors (Lipinski definition) is 2. The minimum absolute atomic E-state index is 0.249. The van der Waals surface area contributed by atoms with Crippen LogP contribution in [0.2, 0.25) is 0 Å². The molecule has 0 heterocycles. The van der Waals surface area contributed by atoms with Crippen LogP contribution in [-0.4, -0.2) is 22.4 Å². The van der Waals surface area contributed by atoms with Gasteiger partial charge in [0.1, 0.15) is 0 Å². The summed E-state index contributed by atoms with van der Waals surface area (Å²) in [4.78, 5) is 0. The lowest BCUT2D eigenvalue weighted by Crippen LogP contribution is -2.28. The van der Waals surface area contributed by atoms with Crippen LogP contribution < -0.4 is 0 Å². The Bertz CT molecular complexity index is 59.5. The molecule has 8 heavy (non-hydrogen) atoms. The maximum atomic E-state index is 8.96. The fourth-order valence-electron chi connectivity index (χ4n) is 0.544. The van der Waals surface area contributed by atoms with Crippen molar-refractivity contribution in [3.05, 3.63) is 6.92 Å². The molecule has 1 atom stereocenters. The number of hydrogen-bond donors (Lipinski definition) is 2. The summed E-state index contributed by atoms with van der Waals surface area (Å²) in [5, 5.41) is 17.4. The van der Waals surface area contributed by atoms with Gasteiger partial charge in [0.2, 0.25) is 0 Å². The topological polar surface area (TPSA) is 40.5 Å². The first-order valence-electron chi connectivity index (χ1n) is 2.81. The van der Waals surface area contributed by atoms with Crippen molar-refractivity contribution in [1.82, 2.24) is 0 Å². The van der Waals surface area contributed by atoms with Crippen LogP contribution in [0.25, 0.3) is 0 Å². The molecule has 0 aliphatic carbocycles. The molecular formula is C6H13O2. The van der Waals surface area contributed by atoms with Crippen molar-refractivity contribution in [2.24, 2.45) is 0 Å². The third-order valence-corrected chi connectivity index (χ3v) is 1.01. The predicted octanol–water partition coefficient (Wildman–Crippen LogP) is 0.344. The van der Waals surface area contributed by atoms with Crippen LogP contribution >= 0.6 is 0 Å². The largest absolute Gasteiger partial charge is 0.393 e. The molecule has 0 aliphatic heterocycles. The van der Waals surface area contributed by atoms with E-state index < -0.39 is 5.60 Å². The first-order chi connectivity index (χ1) is 3.62. The van der Waals surface area contributed by atoms with Gasteiger partial charge in [0.25, 0.3) is 0 Å². The van der Waals surface area contributed by atoms with Gasteiger partial charge < -0.3 is 10.2 Å². The molecule has 0 bridgehead atoms. The SMILES string of the molecule is [CH2]C(O)(CO)CCC. The minimum atomic E-state index is -1.10. The Kier molecular flexibility index (Phi) is 3.02. The van der Waals surface area contributed by atoms with Crippen molar-refractivity contribution < 1.29 is 10.2 Å². The quantitative estimate of drug-likeness (QED) is 0.559. The molecule has 0 saturated carbocycles. The van der Waals surface area contributed by atoms with Crippen LogP contribution in [0.15, 0.2) is 0 Å². The molecule has 0 rings (SSSR count). The highest BCUT2D eigenvalue weighted by atomic mass is 16.3. The average Bonchev–Trinajstić information content (AvgIpc) is 1.67. The predicted molar refractivity (Wildman–Crippen MR) is 32.3 cm³/mol. The Labute approximate surface area is 50.2 Å². The van der Waals surface area contributed by atoms with E-state index in [0.29, 0.717) is 6.42 Å². The van der Waals surface area contributed by atoms with Crippen molar-refractivity contribution >= 4 is 0 Å². The normalized spacial score (nSPS) is 18.0. The maximum Gasteiger partial charge on any atom is 0.0878 e. The summed E-state index contributed by atoms with van der Waals surface area (Å²) >= 11 is 0. The molecule has 0 aromatic rings. The summed E-state index contributed by atoms with van der Waals surface area (Å²) in [6.45, 7) is 5.07. The highest BCUT2D eigenvalue weighted by molar-refractivity contribution is 4.78. The second-order valence-electron chi connectivity index (χ2n) is 2.13. The van der Waals surface area contributed by atoms with E-state index in [0.717, 1.165) is 6.42 Å². The van der Waals surface area contributed by atoms with E-state index >= 15 is 0 Å². The van der Waals surface area contributed by atoms with Gasteiger partial charge in [0.15, 0.2) is 0 Å². The van der Waals surface area contributed by atoms with Crippen LogP contribution in [0.3, 0.4) is 0 Å². The van der Waals surface area contributed by atoms with E-state index in [1.807, 2.05) is 6.92 Å². The van der Waals surface area contributed by atoms with Crippen molar-refractivity contribution in [3.8, 4) is 0 Å². The molecule has 0 amide bonds. The van der Waals surface area contributed by atoms with Crippen LogP contribution in [-0.2, 0) is 0 Å². The lowest BCUT2D eigenvalue weighted by Gasteiger charge is -2.17. The molecule has 49 valence electrons. The fraction of sp³-hybridized carbons (Fsp3) is 0.833. The van der Waals surface area contributed by atoms with Crippen LogP contribution in [0.1, 0.15) is 19.8 Å². The van der Waals surface area contributed by atoms with Crippen molar-refractivity contribution in [3.63, 3.8) is 0 Å². The van der Waals surface area contributed by atoms with Gasteiger partial charge in [0.05, 0.1) is 12.2 Å². The summed E-state index contributed by atoms with van der Waals surface area (Å²) in [7, 11) is 0. The zero-order chi connectivity index (χ0) is 6.62. The van der Waals surface area contributed by atoms with E-state index in [1.54, 1.807) is 0 Å². The number of aliphatic hydroxyl groups excluding tert-OH is 1. The molecule has 0 fully saturated rings. The lowest BCUT2D eigenvalue weighted by atomic mass is 10.0. The summed E-state index contributed by atoms with van der Waals surface area (Å²) in [6.07, 6.45) is 1.41. The molecule has 0 saturated heterocycles. The van der Waals surface area contributed by atoms with Crippen molar-refractivity contribution in [2.45, 2.75) is 25.4 Å². The maximum absolute atomic E-state index is 8.96. The number of aliphatic hydroxyl groups is 2. The van der Waals surface area contributed by atoms with E-state index in [2.05, 4.69) is 6.92 Å². The molecular weight excluding hydrogens is 104 g/mol. The van der Waals surface area contributed by atoms with E-state index in [9.17, 15) is 0 Å². The Morgan fingerprint density at radius 1 is 1.62 bits per heavy atom. The second-order valence-corrected chi connectivity index (χ2v) is 2.13. The standard InChI is InChI=1S/C6H13O2/c1-3-4-6(2,8)5-7/h7-8H,2-5H2,1H3. The zero-order valence-electron chi connectivity index (χ0n) is 5.22. The Morgan fingerprint density at radius 3 is 2.25 bits per heavy atom. The summed E-state index contributed by atoms with van der Waals surface area (Å²) in [6, 6.07) is 0. The summed E-state index contributed by atoms with van der Waals surface area (Å²) < 4.78 is 0. The highest BCUT2D eigenvalue weighted by Crippen LogP contribution is 2.08. The molecule has 2 heteroatoms. The monoisotopic (exact) mass is 117 g/mol. The molecule has 0 spiro atoms. The molecule has 1 unspecified atom stereocenters. The Hall–Kier alpha value is -0.0800. The minimum Gasteiger partial charge on any atom is -0.393 e. The fourth-order valence-corrected chi connectivity index (χ4v) is 0.544. The molecule has 0 aromatic carbocycles. The smallest absolute Gasteiger partial charge is 0.0878 e. The molecule has 1 radical (unpaired) electrons. The first kappa shape index (κ1) is 7.92. The molecule has 2 N–H and O–H groups in total. The Balaban J connectivity index is 3.37. The van der Waals surface area contributed by atoms with E-state index in [4.69, 9.17) is 10.2 Å². The van der Waals surface area contributed by atoms with Gasteiger partial charge in [-0.1, -0.05) is 13.3 Å². The van der Waals surface area contributed by atoms with Crippen molar-refractivity contribution in [2.75, 3.05) is 6.61 Å². The van der Waals surface area contributed by atoms with Gasteiger partial charge >= 0.3 is 0 Å². The van der Waals surface area contributed by atoms with E-state index in [-0.39, 0.29) is 6.61 Å². The van der Waals surface area contributed by atoms with Crippen LogP contribution in [0.4, 0.5) is 0 Å². The van der Waals surface area contributed by atoms with E-state index in [1.165, 1.54) is 0 Å². The van der Waals surface area contributed by atoms with Gasteiger partial charge in [-0.25, -0.2) is 0 Å². The van der Waals surface area contributed by atoms with Crippen molar-refractivity contribution in [1.29, 1.82) is 0 Å². The summed E-state index contributed by atoms with van der Waals surface area (Å²) in [5.74, 6) is 0.